The molecule has 1 unspecified atom stereocenters. The van der Waals surface area contributed by atoms with Crippen LogP contribution in [0.3, 0.4) is 0 Å². The number of aromatic nitrogens is 1. The molecule has 1 N–H and O–H groups in total. The number of rotatable bonds is 4. The van der Waals surface area contributed by atoms with Gasteiger partial charge in [0.1, 0.15) is 0 Å². The van der Waals surface area contributed by atoms with Crippen molar-refractivity contribution in [1.82, 2.24) is 4.98 Å². The second-order valence-electron chi connectivity index (χ2n) is 3.74. The Morgan fingerprint density at radius 3 is 2.88 bits per heavy atom. The van der Waals surface area contributed by atoms with E-state index in [9.17, 15) is 5.11 Å². The predicted molar refractivity (Wildman–Crippen MR) is 66.6 cm³/mol. The van der Waals surface area contributed by atoms with Crippen LogP contribution in [-0.4, -0.2) is 10.1 Å². The van der Waals surface area contributed by atoms with Gasteiger partial charge in [0.2, 0.25) is 0 Å². The molecule has 0 bridgehead atoms. The lowest BCUT2D eigenvalue weighted by atomic mass is 9.98. The molecule has 0 aliphatic rings. The van der Waals surface area contributed by atoms with Gasteiger partial charge < -0.3 is 5.11 Å². The highest BCUT2D eigenvalue weighted by atomic mass is 32.1. The zero-order valence-electron chi connectivity index (χ0n) is 9.26. The van der Waals surface area contributed by atoms with Crippen molar-refractivity contribution in [1.29, 1.82) is 0 Å². The van der Waals surface area contributed by atoms with Gasteiger partial charge >= 0.3 is 0 Å². The van der Waals surface area contributed by atoms with Gasteiger partial charge in [-0.3, -0.25) is 4.98 Å². The lowest BCUT2D eigenvalue weighted by Gasteiger charge is -2.13. The molecule has 2 aromatic rings. The van der Waals surface area contributed by atoms with E-state index in [2.05, 4.69) is 18.0 Å². The molecule has 0 fully saturated rings. The van der Waals surface area contributed by atoms with Gasteiger partial charge in [-0.2, -0.15) is 0 Å². The molecular weight excluding hydrogens is 218 g/mol. The highest BCUT2D eigenvalue weighted by molar-refractivity contribution is 7.09. The zero-order chi connectivity index (χ0) is 11.4. The topological polar surface area (TPSA) is 33.1 Å². The minimum atomic E-state index is -0.420. The van der Waals surface area contributed by atoms with Crippen molar-refractivity contribution >= 4 is 11.3 Å². The molecule has 0 aliphatic carbocycles. The van der Waals surface area contributed by atoms with Gasteiger partial charge in [0.05, 0.1) is 11.6 Å². The normalized spacial score (nSPS) is 12.6. The molecule has 0 radical (unpaired) electrons. The molecule has 3 heteroatoms. The third kappa shape index (κ3) is 2.49. The molecule has 1 atom stereocenters. The molecule has 0 spiro atoms. The second-order valence-corrected chi connectivity index (χ2v) is 4.71. The summed E-state index contributed by atoms with van der Waals surface area (Å²) < 4.78 is 0. The van der Waals surface area contributed by atoms with Crippen LogP contribution in [0.1, 0.15) is 29.0 Å². The summed E-state index contributed by atoms with van der Waals surface area (Å²) >= 11 is 1.59. The molecule has 16 heavy (non-hydrogen) atoms. The fourth-order valence-electron chi connectivity index (χ4n) is 1.82. The van der Waals surface area contributed by atoms with E-state index in [0.717, 1.165) is 16.9 Å². The molecule has 1 heterocycles. The van der Waals surface area contributed by atoms with Crippen LogP contribution >= 0.6 is 11.3 Å². The number of hydrogen-bond acceptors (Lipinski definition) is 3. The van der Waals surface area contributed by atoms with Gasteiger partial charge in [-0.25, -0.2) is 0 Å². The summed E-state index contributed by atoms with van der Waals surface area (Å²) in [6, 6.07) is 8.07. The number of aryl methyl sites for hydroxylation is 1. The molecule has 0 saturated heterocycles. The average molecular weight is 233 g/mol. The Kier molecular flexibility index (Phi) is 3.70. The summed E-state index contributed by atoms with van der Waals surface area (Å²) in [5, 5.41) is 10.2. The third-order valence-corrected chi connectivity index (χ3v) is 3.47. The third-order valence-electron chi connectivity index (χ3n) is 2.67. The van der Waals surface area contributed by atoms with E-state index in [1.54, 1.807) is 16.8 Å². The van der Waals surface area contributed by atoms with Crippen molar-refractivity contribution in [3.8, 4) is 0 Å². The fourth-order valence-corrected chi connectivity index (χ4v) is 2.46. The predicted octanol–water partition coefficient (Wildman–Crippen LogP) is 2.98. The number of hydrogen-bond donors (Lipinski definition) is 1. The smallest absolute Gasteiger partial charge is 0.0841 e. The van der Waals surface area contributed by atoms with Crippen molar-refractivity contribution in [2.45, 2.75) is 25.9 Å². The average Bonchev–Trinajstić information content (AvgIpc) is 2.81. The first-order valence-electron chi connectivity index (χ1n) is 5.44. The standard InChI is InChI=1S/C13H15NOS/c1-2-10-5-3-4-6-12(10)13(15)7-11-8-14-9-16-11/h3-6,8-9,13,15H,2,7H2,1H3. The Balaban J connectivity index is 2.17. The van der Waals surface area contributed by atoms with Crippen LogP contribution < -0.4 is 0 Å². The Morgan fingerprint density at radius 2 is 2.19 bits per heavy atom. The van der Waals surface area contributed by atoms with E-state index in [-0.39, 0.29) is 0 Å². The van der Waals surface area contributed by atoms with Gasteiger partial charge in [-0.1, -0.05) is 31.2 Å². The fraction of sp³-hybridized carbons (Fsp3) is 0.308. The molecule has 0 saturated carbocycles. The lowest BCUT2D eigenvalue weighted by molar-refractivity contribution is 0.178. The van der Waals surface area contributed by atoms with Gasteiger partial charge in [-0.15, -0.1) is 11.3 Å². The van der Waals surface area contributed by atoms with Gasteiger partial charge in [0.15, 0.2) is 0 Å². The summed E-state index contributed by atoms with van der Waals surface area (Å²) in [6.45, 7) is 2.11. The highest BCUT2D eigenvalue weighted by Crippen LogP contribution is 2.23. The SMILES string of the molecule is CCc1ccccc1C(O)Cc1cncs1. The molecule has 0 amide bonds. The molecular formula is C13H15NOS. The summed E-state index contributed by atoms with van der Waals surface area (Å²) in [7, 11) is 0. The van der Waals surface area contributed by atoms with E-state index in [1.807, 2.05) is 24.4 Å². The van der Waals surface area contributed by atoms with E-state index in [0.29, 0.717) is 6.42 Å². The minimum absolute atomic E-state index is 0.420. The number of benzene rings is 1. The lowest BCUT2D eigenvalue weighted by Crippen LogP contribution is -2.04. The van der Waals surface area contributed by atoms with Crippen LogP contribution in [-0.2, 0) is 12.8 Å². The monoisotopic (exact) mass is 233 g/mol. The maximum Gasteiger partial charge on any atom is 0.0841 e. The van der Waals surface area contributed by atoms with Crippen molar-refractivity contribution < 1.29 is 5.11 Å². The first kappa shape index (κ1) is 11.3. The number of aliphatic hydroxyl groups excluding tert-OH is 1. The second kappa shape index (κ2) is 5.23. The molecule has 2 nitrogen and oxygen atoms in total. The Bertz CT molecular complexity index is 439. The van der Waals surface area contributed by atoms with E-state index < -0.39 is 6.10 Å². The maximum atomic E-state index is 10.2. The highest BCUT2D eigenvalue weighted by Gasteiger charge is 2.12. The van der Waals surface area contributed by atoms with Crippen molar-refractivity contribution in [2.24, 2.45) is 0 Å². The Labute approximate surface area is 99.6 Å². The van der Waals surface area contributed by atoms with Crippen LogP contribution in [0.15, 0.2) is 36.0 Å². The van der Waals surface area contributed by atoms with Crippen LogP contribution in [0.2, 0.25) is 0 Å². The molecule has 84 valence electrons. The van der Waals surface area contributed by atoms with Crippen molar-refractivity contribution in [3.05, 3.63) is 52.0 Å². The number of nitrogens with zero attached hydrogens (tertiary/aromatic N) is 1. The first-order valence-corrected chi connectivity index (χ1v) is 6.32. The molecule has 1 aromatic carbocycles. The van der Waals surface area contributed by atoms with E-state index >= 15 is 0 Å². The quantitative estimate of drug-likeness (QED) is 0.880. The molecule has 2 rings (SSSR count). The van der Waals surface area contributed by atoms with Gasteiger partial charge in [0.25, 0.3) is 0 Å². The summed E-state index contributed by atoms with van der Waals surface area (Å²) in [6.07, 6.45) is 3.01. The maximum absolute atomic E-state index is 10.2. The van der Waals surface area contributed by atoms with Crippen molar-refractivity contribution in [3.63, 3.8) is 0 Å². The summed E-state index contributed by atoms with van der Waals surface area (Å²) in [5.74, 6) is 0. The number of aliphatic hydroxyl groups is 1. The Hall–Kier alpha value is -1.19. The Morgan fingerprint density at radius 1 is 1.38 bits per heavy atom. The molecule has 0 aliphatic heterocycles. The van der Waals surface area contributed by atoms with Crippen LogP contribution in [0, 0.1) is 0 Å². The first-order chi connectivity index (χ1) is 7.81. The van der Waals surface area contributed by atoms with E-state index in [1.165, 1.54) is 5.56 Å². The van der Waals surface area contributed by atoms with Crippen LogP contribution in [0.25, 0.3) is 0 Å². The van der Waals surface area contributed by atoms with Crippen LogP contribution in [0.5, 0.6) is 0 Å². The van der Waals surface area contributed by atoms with Gasteiger partial charge in [0, 0.05) is 17.5 Å². The van der Waals surface area contributed by atoms with Gasteiger partial charge in [-0.05, 0) is 17.5 Å². The summed E-state index contributed by atoms with van der Waals surface area (Å²) in [4.78, 5) is 5.14. The summed E-state index contributed by atoms with van der Waals surface area (Å²) in [5.41, 5.74) is 4.06. The largest absolute Gasteiger partial charge is 0.388 e. The van der Waals surface area contributed by atoms with Crippen molar-refractivity contribution in [2.75, 3.05) is 0 Å². The molecule has 1 aromatic heterocycles. The number of thiazole rings is 1. The zero-order valence-corrected chi connectivity index (χ0v) is 10.1. The van der Waals surface area contributed by atoms with E-state index in [4.69, 9.17) is 0 Å². The van der Waals surface area contributed by atoms with Crippen LogP contribution in [0.4, 0.5) is 0 Å². The minimum Gasteiger partial charge on any atom is -0.388 e.